The molecule has 3 rings (SSSR count). The third-order valence-corrected chi connectivity index (χ3v) is 4.45. The largest absolute Gasteiger partial charge is 0.374 e. The summed E-state index contributed by atoms with van der Waals surface area (Å²) in [6, 6.07) is 3.84. The Bertz CT molecular complexity index is 598. The lowest BCUT2D eigenvalue weighted by molar-refractivity contribution is -0.131. The van der Waals surface area contributed by atoms with Crippen molar-refractivity contribution < 1.29 is 9.53 Å². The fraction of sp³-hybridized carbons (Fsp3) is 0.600. The number of fused-ring (bicyclic) bond motifs is 1. The maximum absolute atomic E-state index is 12.1. The Morgan fingerprint density at radius 1 is 1.29 bits per heavy atom. The van der Waals surface area contributed by atoms with Crippen molar-refractivity contribution in [2.75, 3.05) is 26.7 Å². The van der Waals surface area contributed by atoms with Crippen LogP contribution in [0.5, 0.6) is 0 Å². The molecule has 0 aromatic carbocycles. The first kappa shape index (κ1) is 14.3. The summed E-state index contributed by atoms with van der Waals surface area (Å²) in [6.45, 7) is 2.61. The Morgan fingerprint density at radius 2 is 2.10 bits per heavy atom. The summed E-state index contributed by atoms with van der Waals surface area (Å²) in [5, 5.41) is 0. The number of rotatable bonds is 2. The Hall–Kier alpha value is -1.66. The van der Waals surface area contributed by atoms with E-state index < -0.39 is 0 Å². The van der Waals surface area contributed by atoms with Crippen molar-refractivity contribution in [1.29, 1.82) is 0 Å². The van der Waals surface area contributed by atoms with Gasteiger partial charge in [-0.05, 0) is 6.07 Å². The van der Waals surface area contributed by atoms with Crippen LogP contribution < -0.4 is 5.56 Å². The van der Waals surface area contributed by atoms with Crippen molar-refractivity contribution >= 4 is 5.91 Å². The zero-order valence-corrected chi connectivity index (χ0v) is 12.5. The smallest absolute Gasteiger partial charge is 0.254 e. The van der Waals surface area contributed by atoms with Crippen LogP contribution in [0.1, 0.15) is 12.0 Å². The van der Waals surface area contributed by atoms with Crippen LogP contribution in [0, 0.1) is 0 Å². The summed E-state index contributed by atoms with van der Waals surface area (Å²) in [7, 11) is 3.61. The van der Waals surface area contributed by atoms with Gasteiger partial charge in [0.15, 0.2) is 0 Å². The minimum atomic E-state index is 0.0370. The first-order valence-corrected chi connectivity index (χ1v) is 7.30. The predicted octanol–water partition coefficient (Wildman–Crippen LogP) is -0.183. The summed E-state index contributed by atoms with van der Waals surface area (Å²) in [5.74, 6) is 0.139. The van der Waals surface area contributed by atoms with Crippen molar-refractivity contribution in [3.63, 3.8) is 0 Å². The summed E-state index contributed by atoms with van der Waals surface area (Å²) >= 11 is 0. The number of amides is 1. The number of likely N-dealkylation sites (N-methyl/N-ethyl adjacent to an activating group) is 1. The second kappa shape index (κ2) is 5.61. The molecule has 2 aliphatic heterocycles. The Morgan fingerprint density at radius 3 is 2.90 bits per heavy atom. The molecule has 21 heavy (non-hydrogen) atoms. The van der Waals surface area contributed by atoms with Gasteiger partial charge in [-0.1, -0.05) is 6.07 Å². The van der Waals surface area contributed by atoms with Crippen LogP contribution in [-0.2, 0) is 23.1 Å². The molecule has 0 bridgehead atoms. The number of aryl methyl sites for hydroxylation is 1. The van der Waals surface area contributed by atoms with Crippen LogP contribution in [0.4, 0.5) is 0 Å². The fourth-order valence-electron chi connectivity index (χ4n) is 3.17. The Balaban J connectivity index is 1.74. The third-order valence-electron chi connectivity index (χ3n) is 4.45. The summed E-state index contributed by atoms with van der Waals surface area (Å²) in [6.07, 6.45) is 2.27. The Kier molecular flexibility index (Phi) is 3.82. The number of hydrogen-bond acceptors (Lipinski definition) is 4. The van der Waals surface area contributed by atoms with E-state index in [1.807, 2.05) is 19.2 Å². The van der Waals surface area contributed by atoms with Crippen LogP contribution in [-0.4, -0.2) is 59.2 Å². The summed E-state index contributed by atoms with van der Waals surface area (Å²) in [5.41, 5.74) is 0.820. The number of aromatic nitrogens is 1. The molecule has 0 unspecified atom stereocenters. The number of carbonyl (C=O) groups is 1. The highest BCUT2D eigenvalue weighted by Crippen LogP contribution is 2.22. The van der Waals surface area contributed by atoms with Crippen LogP contribution in [0.2, 0.25) is 0 Å². The van der Waals surface area contributed by atoms with Gasteiger partial charge in [0.1, 0.15) is 0 Å². The number of nitrogens with zero attached hydrogens (tertiary/aromatic N) is 3. The lowest BCUT2D eigenvalue weighted by Crippen LogP contribution is -2.42. The van der Waals surface area contributed by atoms with Crippen LogP contribution in [0.3, 0.4) is 0 Å². The van der Waals surface area contributed by atoms with Crippen LogP contribution in [0.15, 0.2) is 23.1 Å². The molecule has 6 nitrogen and oxygen atoms in total. The summed E-state index contributed by atoms with van der Waals surface area (Å²) in [4.78, 5) is 28.0. The van der Waals surface area contributed by atoms with E-state index in [2.05, 4.69) is 4.90 Å². The van der Waals surface area contributed by atoms with E-state index in [0.29, 0.717) is 19.6 Å². The standard InChI is InChI=1S/C15H21N3O3/c1-16-6-3-4-11(15(16)20)8-18-9-12-13(10-18)21-7-5-14(19)17(12)2/h3-4,6,12-13H,5,7-10H2,1-2H3/t12-,13-/m0/s1. The average molecular weight is 291 g/mol. The average Bonchev–Trinajstić information content (AvgIpc) is 2.80. The fourth-order valence-corrected chi connectivity index (χ4v) is 3.17. The predicted molar refractivity (Wildman–Crippen MR) is 77.9 cm³/mol. The second-order valence-corrected chi connectivity index (χ2v) is 5.87. The van der Waals surface area contributed by atoms with E-state index in [-0.39, 0.29) is 23.6 Å². The molecule has 2 atom stereocenters. The van der Waals surface area contributed by atoms with Gasteiger partial charge in [-0.2, -0.15) is 0 Å². The normalized spacial score (nSPS) is 26.8. The van der Waals surface area contributed by atoms with Crippen molar-refractivity contribution in [3.8, 4) is 0 Å². The van der Waals surface area contributed by atoms with Gasteiger partial charge in [-0.25, -0.2) is 0 Å². The van der Waals surface area contributed by atoms with Gasteiger partial charge in [0, 0.05) is 45.5 Å². The van der Waals surface area contributed by atoms with Gasteiger partial charge in [0.2, 0.25) is 5.91 Å². The van der Waals surface area contributed by atoms with E-state index >= 15 is 0 Å². The molecule has 0 spiro atoms. The Labute approximate surface area is 123 Å². The maximum atomic E-state index is 12.1. The zero-order valence-electron chi connectivity index (χ0n) is 12.5. The molecule has 114 valence electrons. The van der Waals surface area contributed by atoms with Crippen molar-refractivity contribution in [1.82, 2.24) is 14.4 Å². The molecule has 2 aliphatic rings. The molecule has 1 aromatic rings. The molecule has 0 aliphatic carbocycles. The number of pyridine rings is 1. The number of likely N-dealkylation sites (tertiary alicyclic amines) is 1. The molecule has 1 amide bonds. The van der Waals surface area contributed by atoms with Crippen molar-refractivity contribution in [2.45, 2.75) is 25.1 Å². The number of ether oxygens (including phenoxy) is 1. The van der Waals surface area contributed by atoms with E-state index in [1.165, 1.54) is 0 Å². The highest BCUT2D eigenvalue weighted by atomic mass is 16.5. The van der Waals surface area contributed by atoms with E-state index in [9.17, 15) is 9.59 Å². The van der Waals surface area contributed by atoms with E-state index in [4.69, 9.17) is 4.74 Å². The van der Waals surface area contributed by atoms with Gasteiger partial charge >= 0.3 is 0 Å². The molecule has 6 heteroatoms. The van der Waals surface area contributed by atoms with Gasteiger partial charge < -0.3 is 14.2 Å². The summed E-state index contributed by atoms with van der Waals surface area (Å²) < 4.78 is 7.40. The molecular weight excluding hydrogens is 270 g/mol. The van der Waals surface area contributed by atoms with E-state index in [1.54, 1.807) is 22.7 Å². The highest BCUT2D eigenvalue weighted by molar-refractivity contribution is 5.76. The van der Waals surface area contributed by atoms with Crippen molar-refractivity contribution in [2.24, 2.45) is 7.05 Å². The second-order valence-electron chi connectivity index (χ2n) is 5.87. The molecule has 2 fully saturated rings. The van der Waals surface area contributed by atoms with Gasteiger partial charge in [-0.3, -0.25) is 14.5 Å². The molecule has 0 saturated carbocycles. The molecule has 0 N–H and O–H groups in total. The highest BCUT2D eigenvalue weighted by Gasteiger charge is 2.39. The first-order chi connectivity index (χ1) is 10.1. The lowest BCUT2D eigenvalue weighted by atomic mass is 10.2. The van der Waals surface area contributed by atoms with Crippen molar-refractivity contribution in [3.05, 3.63) is 34.2 Å². The molecule has 1 aromatic heterocycles. The van der Waals surface area contributed by atoms with Crippen LogP contribution >= 0.6 is 0 Å². The number of hydrogen-bond donors (Lipinski definition) is 0. The molecule has 0 radical (unpaired) electrons. The minimum absolute atomic E-state index is 0.0370. The monoisotopic (exact) mass is 291 g/mol. The molecular formula is C15H21N3O3. The molecule has 3 heterocycles. The van der Waals surface area contributed by atoms with Crippen LogP contribution in [0.25, 0.3) is 0 Å². The quantitative estimate of drug-likeness (QED) is 0.758. The molecule has 2 saturated heterocycles. The number of carbonyl (C=O) groups excluding carboxylic acids is 1. The topological polar surface area (TPSA) is 54.8 Å². The van der Waals surface area contributed by atoms with Gasteiger partial charge in [-0.15, -0.1) is 0 Å². The van der Waals surface area contributed by atoms with E-state index in [0.717, 1.165) is 18.7 Å². The SMILES string of the molecule is CN1C(=O)CCO[C@H]2CN(Cc3cccn(C)c3=O)C[C@@H]21. The maximum Gasteiger partial charge on any atom is 0.254 e. The minimum Gasteiger partial charge on any atom is -0.374 e. The van der Waals surface area contributed by atoms with Gasteiger partial charge in [0.25, 0.3) is 5.56 Å². The zero-order chi connectivity index (χ0) is 15.0. The van der Waals surface area contributed by atoms with Gasteiger partial charge in [0.05, 0.1) is 25.2 Å². The first-order valence-electron chi connectivity index (χ1n) is 7.30. The third kappa shape index (κ3) is 2.73. The lowest BCUT2D eigenvalue weighted by Gasteiger charge is -2.25.